The summed E-state index contributed by atoms with van der Waals surface area (Å²) >= 11 is 0. The number of ether oxygens (including phenoxy) is 4. The molecule has 2 atom stereocenters. The number of methoxy groups -OCH3 is 2. The van der Waals surface area contributed by atoms with E-state index in [-0.39, 0.29) is 18.3 Å². The quantitative estimate of drug-likeness (QED) is 0.372. The Kier molecular flexibility index (Phi) is 8.01. The van der Waals surface area contributed by atoms with Crippen molar-refractivity contribution in [2.45, 2.75) is 38.5 Å². The van der Waals surface area contributed by atoms with Crippen molar-refractivity contribution < 1.29 is 28.5 Å². The van der Waals surface area contributed by atoms with Crippen molar-refractivity contribution in [2.75, 3.05) is 27.4 Å². The molecule has 0 amide bonds. The Hall–Kier alpha value is -4.00. The number of dihydropyridines is 1. The van der Waals surface area contributed by atoms with Crippen molar-refractivity contribution in [1.82, 2.24) is 5.32 Å². The predicted octanol–water partition coefficient (Wildman–Crippen LogP) is 5.19. The Morgan fingerprint density at radius 3 is 2.43 bits per heavy atom. The molecule has 7 nitrogen and oxygen atoms in total. The molecular weight excluding hydrogens is 470 g/mol. The number of esters is 1. The first kappa shape index (κ1) is 26.1. The molecule has 2 aromatic carbocycles. The molecule has 0 spiro atoms. The van der Waals surface area contributed by atoms with Crippen LogP contribution >= 0.6 is 0 Å². The average Bonchev–Trinajstić information content (AvgIpc) is 2.91. The van der Waals surface area contributed by atoms with E-state index in [2.05, 4.69) is 11.9 Å². The van der Waals surface area contributed by atoms with Crippen molar-refractivity contribution in [3.63, 3.8) is 0 Å². The second-order valence-corrected chi connectivity index (χ2v) is 9.02. The highest BCUT2D eigenvalue weighted by molar-refractivity contribution is 6.04. The van der Waals surface area contributed by atoms with Crippen molar-refractivity contribution in [2.24, 2.45) is 0 Å². The van der Waals surface area contributed by atoms with E-state index in [1.54, 1.807) is 14.2 Å². The van der Waals surface area contributed by atoms with Crippen LogP contribution in [0.4, 0.5) is 0 Å². The molecule has 0 unspecified atom stereocenters. The second-order valence-electron chi connectivity index (χ2n) is 9.02. The minimum Gasteiger partial charge on any atom is -0.497 e. The lowest BCUT2D eigenvalue weighted by atomic mass is 9.71. The molecule has 0 aromatic heterocycles. The van der Waals surface area contributed by atoms with Gasteiger partial charge in [0.25, 0.3) is 0 Å². The highest BCUT2D eigenvalue weighted by Crippen LogP contribution is 2.47. The van der Waals surface area contributed by atoms with Gasteiger partial charge in [0.05, 0.1) is 26.4 Å². The maximum Gasteiger partial charge on any atom is 0.337 e. The Bertz CT molecular complexity index is 1260. The third kappa shape index (κ3) is 5.26. The van der Waals surface area contributed by atoms with Gasteiger partial charge in [-0.1, -0.05) is 30.9 Å². The van der Waals surface area contributed by atoms with Gasteiger partial charge in [-0.2, -0.15) is 0 Å². The SMILES string of the molecule is C=CCOC(=O)C1=C(C)NC2=C(C(=O)C[C@@H](c3ccc(OC)cc3)C2)[C@H]1c1ccc(OCC)c(OC)c1. The summed E-state index contributed by atoms with van der Waals surface area (Å²) in [5.41, 5.74) is 4.31. The number of carbonyl (C=O) groups is 2. The monoisotopic (exact) mass is 503 g/mol. The smallest absolute Gasteiger partial charge is 0.337 e. The Balaban J connectivity index is 1.79. The van der Waals surface area contributed by atoms with Crippen LogP contribution < -0.4 is 19.5 Å². The van der Waals surface area contributed by atoms with Crippen LogP contribution in [0.2, 0.25) is 0 Å². The topological polar surface area (TPSA) is 83.1 Å². The van der Waals surface area contributed by atoms with Gasteiger partial charge < -0.3 is 24.3 Å². The number of hydrogen-bond acceptors (Lipinski definition) is 7. The van der Waals surface area contributed by atoms with E-state index in [0.29, 0.717) is 47.8 Å². The van der Waals surface area contributed by atoms with Crippen LogP contribution in [0.15, 0.2) is 77.7 Å². The minimum atomic E-state index is -0.595. The van der Waals surface area contributed by atoms with E-state index in [1.807, 2.05) is 56.3 Å². The number of allylic oxidation sites excluding steroid dienone is 3. The van der Waals surface area contributed by atoms with E-state index in [1.165, 1.54) is 6.08 Å². The third-order valence-electron chi connectivity index (χ3n) is 6.79. The molecule has 4 rings (SSSR count). The summed E-state index contributed by atoms with van der Waals surface area (Å²) < 4.78 is 22.0. The van der Waals surface area contributed by atoms with Gasteiger partial charge in [-0.05, 0) is 61.6 Å². The van der Waals surface area contributed by atoms with Gasteiger partial charge in [0.1, 0.15) is 12.4 Å². The number of nitrogens with one attached hydrogen (secondary N) is 1. The molecule has 0 fully saturated rings. The van der Waals surface area contributed by atoms with Gasteiger partial charge >= 0.3 is 5.97 Å². The third-order valence-corrected chi connectivity index (χ3v) is 6.79. The Labute approximate surface area is 217 Å². The van der Waals surface area contributed by atoms with Crippen molar-refractivity contribution in [3.05, 3.63) is 88.8 Å². The molecule has 1 aliphatic carbocycles. The zero-order valence-corrected chi connectivity index (χ0v) is 21.8. The molecule has 1 N–H and O–H groups in total. The van der Waals surface area contributed by atoms with Crippen LogP contribution in [0.5, 0.6) is 17.2 Å². The highest BCUT2D eigenvalue weighted by Gasteiger charge is 2.41. The summed E-state index contributed by atoms with van der Waals surface area (Å²) in [5, 5.41) is 3.37. The lowest BCUT2D eigenvalue weighted by molar-refractivity contribution is -0.138. The first-order chi connectivity index (χ1) is 17.9. The van der Waals surface area contributed by atoms with E-state index in [0.717, 1.165) is 22.6 Å². The van der Waals surface area contributed by atoms with Crippen molar-refractivity contribution >= 4 is 11.8 Å². The molecule has 0 bridgehead atoms. The molecule has 0 saturated heterocycles. The molecule has 1 aliphatic heterocycles. The first-order valence-electron chi connectivity index (χ1n) is 12.4. The van der Waals surface area contributed by atoms with Crippen LogP contribution in [0, 0.1) is 0 Å². The van der Waals surface area contributed by atoms with Crippen LogP contribution in [0.1, 0.15) is 49.7 Å². The average molecular weight is 504 g/mol. The normalized spacial score (nSPS) is 19.1. The molecule has 2 aromatic rings. The summed E-state index contributed by atoms with van der Waals surface area (Å²) in [6, 6.07) is 13.3. The zero-order valence-electron chi connectivity index (χ0n) is 21.8. The molecule has 37 heavy (non-hydrogen) atoms. The van der Waals surface area contributed by atoms with Crippen LogP contribution in [-0.4, -0.2) is 39.2 Å². The maximum absolute atomic E-state index is 13.8. The number of Topliss-reactive ketones (excluding diaryl/α,β-unsaturated/α-hetero) is 1. The van der Waals surface area contributed by atoms with Gasteiger partial charge in [-0.3, -0.25) is 4.79 Å². The standard InChI is InChI=1S/C30H33NO6/c1-6-14-37-30(33)27-18(3)31-23-15-21(19-8-11-22(34-4)12-9-19)16-24(32)29(23)28(27)20-10-13-25(36-7-2)26(17-20)35-5/h6,8-13,17,21,28,31H,1,7,14-16H2,2-5H3/t21-,28-/m0/s1. The van der Waals surface area contributed by atoms with Crippen LogP contribution in [-0.2, 0) is 14.3 Å². The zero-order chi connectivity index (χ0) is 26.5. The summed E-state index contributed by atoms with van der Waals surface area (Å²) in [6.45, 7) is 7.95. The number of hydrogen-bond donors (Lipinski definition) is 1. The van der Waals surface area contributed by atoms with E-state index in [9.17, 15) is 9.59 Å². The van der Waals surface area contributed by atoms with Gasteiger partial charge in [-0.25, -0.2) is 4.79 Å². The van der Waals surface area contributed by atoms with Crippen molar-refractivity contribution in [3.8, 4) is 17.2 Å². The molecule has 194 valence electrons. The summed E-state index contributed by atoms with van der Waals surface area (Å²) in [7, 11) is 3.20. The second kappa shape index (κ2) is 11.4. The van der Waals surface area contributed by atoms with Crippen molar-refractivity contribution in [1.29, 1.82) is 0 Å². The molecular formula is C30H33NO6. The predicted molar refractivity (Wildman–Crippen MR) is 141 cm³/mol. The van der Waals surface area contributed by atoms with Gasteiger partial charge in [0, 0.05) is 29.3 Å². The number of ketones is 1. The maximum atomic E-state index is 13.8. The minimum absolute atomic E-state index is 0.00561. The summed E-state index contributed by atoms with van der Waals surface area (Å²) in [6.07, 6.45) is 2.50. The summed E-state index contributed by atoms with van der Waals surface area (Å²) in [5.74, 6) is 0.837. The molecule has 0 saturated carbocycles. The van der Waals surface area contributed by atoms with E-state index >= 15 is 0 Å². The molecule has 2 aliphatic rings. The highest BCUT2D eigenvalue weighted by atomic mass is 16.5. The lowest BCUT2D eigenvalue weighted by Crippen LogP contribution is -2.36. The fraction of sp³-hybridized carbons (Fsp3) is 0.333. The van der Waals surface area contributed by atoms with E-state index in [4.69, 9.17) is 18.9 Å². The Morgan fingerprint density at radius 2 is 1.78 bits per heavy atom. The van der Waals surface area contributed by atoms with Gasteiger partial charge in [0.15, 0.2) is 17.3 Å². The number of carbonyl (C=O) groups excluding carboxylic acids is 2. The van der Waals surface area contributed by atoms with Crippen LogP contribution in [0.3, 0.4) is 0 Å². The van der Waals surface area contributed by atoms with E-state index < -0.39 is 11.9 Å². The van der Waals surface area contributed by atoms with Gasteiger partial charge in [-0.15, -0.1) is 0 Å². The lowest BCUT2D eigenvalue weighted by Gasteiger charge is -2.36. The molecule has 7 heteroatoms. The number of benzene rings is 2. The van der Waals surface area contributed by atoms with Crippen LogP contribution in [0.25, 0.3) is 0 Å². The van der Waals surface area contributed by atoms with Gasteiger partial charge in [0.2, 0.25) is 0 Å². The fourth-order valence-electron chi connectivity index (χ4n) is 5.11. The molecule has 0 radical (unpaired) electrons. The molecule has 1 heterocycles. The largest absolute Gasteiger partial charge is 0.497 e. The fourth-order valence-corrected chi connectivity index (χ4v) is 5.11. The number of rotatable bonds is 9. The first-order valence-corrected chi connectivity index (χ1v) is 12.4. The summed E-state index contributed by atoms with van der Waals surface area (Å²) in [4.78, 5) is 27.0. The Morgan fingerprint density at radius 1 is 1.05 bits per heavy atom.